The van der Waals surface area contributed by atoms with Gasteiger partial charge in [-0.15, -0.1) is 0 Å². The predicted molar refractivity (Wildman–Crippen MR) is 109 cm³/mol. The zero-order chi connectivity index (χ0) is 20.6. The molecule has 0 N–H and O–H groups in total. The van der Waals surface area contributed by atoms with Crippen LogP contribution in [0, 0.1) is 0 Å². The van der Waals surface area contributed by atoms with Gasteiger partial charge < -0.3 is 8.85 Å². The second-order valence-electron chi connectivity index (χ2n) is 9.72. The fourth-order valence-electron chi connectivity index (χ4n) is 1.61. The highest BCUT2D eigenvalue weighted by atomic mass is 28.4. The van der Waals surface area contributed by atoms with Gasteiger partial charge in [-0.25, -0.2) is 9.59 Å². The Kier molecular flexibility index (Phi) is 6.31. The molecule has 0 aliphatic carbocycles. The molecule has 1 heterocycles. The van der Waals surface area contributed by atoms with Crippen molar-refractivity contribution in [2.24, 2.45) is 0 Å². The Hall–Kier alpha value is -1.48. The van der Waals surface area contributed by atoms with Crippen molar-refractivity contribution in [2.45, 2.75) is 77.8 Å². The van der Waals surface area contributed by atoms with Gasteiger partial charge in [-0.1, -0.05) is 41.5 Å². The molecule has 0 amide bonds. The fraction of sp³-hybridized carbons (Fsp3) is 0.632. The van der Waals surface area contributed by atoms with E-state index < -0.39 is 28.6 Å². The van der Waals surface area contributed by atoms with E-state index >= 15 is 0 Å². The first-order chi connectivity index (χ1) is 11.5. The monoisotopic (exact) mass is 395 g/mol. The third kappa shape index (κ3) is 5.04. The van der Waals surface area contributed by atoms with E-state index in [1.165, 1.54) is 18.5 Å². The van der Waals surface area contributed by atoms with Crippen LogP contribution in [0.15, 0.2) is 18.5 Å². The van der Waals surface area contributed by atoms with Crippen molar-refractivity contribution in [3.05, 3.63) is 29.6 Å². The summed E-state index contributed by atoms with van der Waals surface area (Å²) in [5.41, 5.74) is 0.384. The van der Waals surface area contributed by atoms with E-state index in [4.69, 9.17) is 8.85 Å². The summed E-state index contributed by atoms with van der Waals surface area (Å²) >= 11 is 0. The van der Waals surface area contributed by atoms with Crippen molar-refractivity contribution in [3.8, 4) is 0 Å². The van der Waals surface area contributed by atoms with E-state index in [-0.39, 0.29) is 21.2 Å². The number of carbonyl (C=O) groups is 2. The number of rotatable bonds is 4. The minimum absolute atomic E-state index is 0.114. The Morgan fingerprint density at radius 1 is 0.808 bits per heavy atom. The molecule has 7 heteroatoms. The van der Waals surface area contributed by atoms with Gasteiger partial charge in [0.2, 0.25) is 0 Å². The lowest BCUT2D eigenvalue weighted by atomic mass is 10.1. The summed E-state index contributed by atoms with van der Waals surface area (Å²) < 4.78 is 11.7. The predicted octanol–water partition coefficient (Wildman–Crippen LogP) is 5.41. The molecule has 0 saturated heterocycles. The van der Waals surface area contributed by atoms with Crippen molar-refractivity contribution in [3.63, 3.8) is 0 Å². The van der Waals surface area contributed by atoms with Crippen LogP contribution in [0.2, 0.25) is 36.3 Å². The van der Waals surface area contributed by atoms with E-state index in [1.54, 1.807) is 0 Å². The highest BCUT2D eigenvalue weighted by Crippen LogP contribution is 2.38. The van der Waals surface area contributed by atoms with Gasteiger partial charge in [0, 0.05) is 12.4 Å². The van der Waals surface area contributed by atoms with E-state index in [0.717, 1.165) is 0 Å². The molecule has 0 spiro atoms. The van der Waals surface area contributed by atoms with Crippen LogP contribution in [0.3, 0.4) is 0 Å². The maximum Gasteiger partial charge on any atom is 0.327 e. The summed E-state index contributed by atoms with van der Waals surface area (Å²) in [7, 11) is -4.60. The van der Waals surface area contributed by atoms with Crippen LogP contribution in [-0.2, 0) is 8.85 Å². The SMILES string of the molecule is CC(C)(C)[Si](C)(C)OC(=O)c1ccncc1C(=O)O[Si](C)(C)C(C)(C)C. The standard InChI is InChI=1S/C19H33NO4Si2/c1-18(2,3)25(7,8)23-16(21)14-11-12-20-13-15(14)17(22)24-26(9,10)19(4,5)6/h11-13H,1-10H3. The second kappa shape index (κ2) is 7.27. The fourth-order valence-corrected chi connectivity index (χ4v) is 3.37. The summed E-state index contributed by atoms with van der Waals surface area (Å²) in [6.45, 7) is 20.3. The largest absolute Gasteiger partial charge is 0.516 e. The molecular formula is C19H33NO4Si2. The van der Waals surface area contributed by atoms with Gasteiger partial charge in [0.1, 0.15) is 0 Å². The average molecular weight is 396 g/mol. The molecule has 0 unspecified atom stereocenters. The quantitative estimate of drug-likeness (QED) is 0.638. The first-order valence-electron chi connectivity index (χ1n) is 8.90. The molecule has 0 bridgehead atoms. The molecule has 0 radical (unpaired) electrons. The molecule has 0 atom stereocenters. The Morgan fingerprint density at radius 2 is 1.19 bits per heavy atom. The first kappa shape index (κ1) is 22.6. The molecule has 0 aliphatic rings. The number of nitrogens with zero attached hydrogens (tertiary/aromatic N) is 1. The maximum absolute atomic E-state index is 12.8. The zero-order valence-electron chi connectivity index (χ0n) is 17.8. The van der Waals surface area contributed by atoms with Gasteiger partial charge in [-0.2, -0.15) is 0 Å². The molecular weight excluding hydrogens is 362 g/mol. The van der Waals surface area contributed by atoms with Gasteiger partial charge in [0.25, 0.3) is 16.6 Å². The van der Waals surface area contributed by atoms with Crippen molar-refractivity contribution in [2.75, 3.05) is 0 Å². The van der Waals surface area contributed by atoms with Crippen LogP contribution < -0.4 is 0 Å². The van der Waals surface area contributed by atoms with Crippen LogP contribution >= 0.6 is 0 Å². The van der Waals surface area contributed by atoms with E-state index in [9.17, 15) is 9.59 Å². The van der Waals surface area contributed by atoms with Crippen molar-refractivity contribution < 1.29 is 18.4 Å². The summed E-state index contributed by atoms with van der Waals surface area (Å²) in [5, 5.41) is -0.232. The molecule has 0 fully saturated rings. The van der Waals surface area contributed by atoms with Crippen molar-refractivity contribution in [1.82, 2.24) is 4.98 Å². The number of hydrogen-bond acceptors (Lipinski definition) is 5. The molecule has 26 heavy (non-hydrogen) atoms. The number of pyridine rings is 1. The third-order valence-corrected chi connectivity index (χ3v) is 14.2. The smallest absolute Gasteiger partial charge is 0.327 e. The Labute approximate surface area is 159 Å². The van der Waals surface area contributed by atoms with Crippen molar-refractivity contribution >= 4 is 28.6 Å². The Balaban J connectivity index is 3.16. The molecule has 1 aromatic heterocycles. The Bertz CT molecular complexity index is 627. The highest BCUT2D eigenvalue weighted by molar-refractivity contribution is 6.76. The lowest BCUT2D eigenvalue weighted by Crippen LogP contribution is -2.44. The van der Waals surface area contributed by atoms with Crippen molar-refractivity contribution in [1.29, 1.82) is 0 Å². The number of hydrogen-bond donors (Lipinski definition) is 0. The first-order valence-corrected chi connectivity index (χ1v) is 14.7. The maximum atomic E-state index is 12.8. The van der Waals surface area contributed by atoms with Crippen LogP contribution in [0.5, 0.6) is 0 Å². The average Bonchev–Trinajstić information content (AvgIpc) is 2.43. The lowest BCUT2D eigenvalue weighted by Gasteiger charge is -2.36. The molecule has 0 aromatic carbocycles. The van der Waals surface area contributed by atoms with Crippen LogP contribution in [0.4, 0.5) is 0 Å². The summed E-state index contributed by atoms with van der Waals surface area (Å²) in [4.78, 5) is 29.6. The summed E-state index contributed by atoms with van der Waals surface area (Å²) in [5.74, 6) is -0.993. The Morgan fingerprint density at radius 3 is 1.58 bits per heavy atom. The normalized spacial score (nSPS) is 13.3. The molecule has 0 saturated carbocycles. The second-order valence-corrected chi connectivity index (χ2v) is 19.2. The van der Waals surface area contributed by atoms with Gasteiger partial charge in [0.15, 0.2) is 0 Å². The summed E-state index contributed by atoms with van der Waals surface area (Å²) in [6, 6.07) is 1.53. The summed E-state index contributed by atoms with van der Waals surface area (Å²) in [6.07, 6.45) is 2.88. The number of carbonyl (C=O) groups excluding carboxylic acids is 2. The van der Waals surface area contributed by atoms with Gasteiger partial charge >= 0.3 is 11.9 Å². The molecule has 5 nitrogen and oxygen atoms in total. The third-order valence-electron chi connectivity index (χ3n) is 5.57. The van der Waals surface area contributed by atoms with E-state index in [2.05, 4.69) is 46.5 Å². The minimum Gasteiger partial charge on any atom is -0.516 e. The molecule has 146 valence electrons. The minimum atomic E-state index is -2.31. The lowest BCUT2D eigenvalue weighted by molar-refractivity contribution is 0.0668. The van der Waals surface area contributed by atoms with Gasteiger partial charge in [0.05, 0.1) is 11.1 Å². The van der Waals surface area contributed by atoms with E-state index in [0.29, 0.717) is 0 Å². The zero-order valence-corrected chi connectivity index (χ0v) is 19.8. The molecule has 1 aromatic rings. The molecule has 1 rings (SSSR count). The molecule has 0 aliphatic heterocycles. The van der Waals surface area contributed by atoms with Crippen LogP contribution in [0.25, 0.3) is 0 Å². The van der Waals surface area contributed by atoms with Gasteiger partial charge in [-0.05, 0) is 42.3 Å². The van der Waals surface area contributed by atoms with Gasteiger partial charge in [-0.3, -0.25) is 4.98 Å². The highest BCUT2D eigenvalue weighted by Gasteiger charge is 2.43. The van der Waals surface area contributed by atoms with Crippen LogP contribution in [0.1, 0.15) is 62.3 Å². The van der Waals surface area contributed by atoms with E-state index in [1.807, 2.05) is 26.2 Å². The number of aromatic nitrogens is 1. The van der Waals surface area contributed by atoms with Crippen LogP contribution in [-0.4, -0.2) is 33.6 Å². The topological polar surface area (TPSA) is 65.5 Å².